The number of benzene rings is 2. The number of anilines is 1. The van der Waals surface area contributed by atoms with Gasteiger partial charge in [-0.1, -0.05) is 23.7 Å². The van der Waals surface area contributed by atoms with Gasteiger partial charge in [0.2, 0.25) is 0 Å². The minimum atomic E-state index is -1.03. The molecule has 1 amide bonds. The molecule has 0 aliphatic heterocycles. The summed E-state index contributed by atoms with van der Waals surface area (Å²) in [6, 6.07) is 9.77. The van der Waals surface area contributed by atoms with E-state index in [0.29, 0.717) is 26.7 Å². The third-order valence-electron chi connectivity index (χ3n) is 3.47. The molecule has 1 atom stereocenters. The van der Waals surface area contributed by atoms with Crippen molar-refractivity contribution >= 4 is 45.1 Å². The van der Waals surface area contributed by atoms with Gasteiger partial charge in [0.05, 0.1) is 30.5 Å². The van der Waals surface area contributed by atoms with E-state index in [4.69, 9.17) is 25.8 Å². The van der Waals surface area contributed by atoms with Gasteiger partial charge >= 0.3 is 5.97 Å². The smallest absolute Gasteiger partial charge is 0.339 e. The Bertz CT molecular complexity index is 802. The lowest BCUT2D eigenvalue weighted by atomic mass is 10.2. The number of para-hydroxylation sites is 1. The van der Waals surface area contributed by atoms with Gasteiger partial charge in [0.25, 0.3) is 5.91 Å². The normalized spacial score (nSPS) is 11.4. The summed E-state index contributed by atoms with van der Waals surface area (Å²) in [4.78, 5) is 24.6. The summed E-state index contributed by atoms with van der Waals surface area (Å²) >= 11 is 9.33. The Kier molecular flexibility index (Phi) is 6.88. The molecule has 0 radical (unpaired) electrons. The van der Waals surface area contributed by atoms with Gasteiger partial charge in [-0.25, -0.2) is 4.79 Å². The summed E-state index contributed by atoms with van der Waals surface area (Å²) in [7, 11) is 2.93. The van der Waals surface area contributed by atoms with Crippen molar-refractivity contribution in [3.05, 3.63) is 51.5 Å². The number of hydrogen-bond donors (Lipinski definition) is 1. The second kappa shape index (κ2) is 8.91. The zero-order chi connectivity index (χ0) is 19.3. The third kappa shape index (κ3) is 4.68. The Labute approximate surface area is 164 Å². The van der Waals surface area contributed by atoms with Gasteiger partial charge < -0.3 is 19.5 Å². The highest BCUT2D eigenvalue weighted by atomic mass is 79.9. The number of nitrogens with one attached hydrogen (secondary N) is 1. The molecule has 0 heterocycles. The number of esters is 1. The van der Waals surface area contributed by atoms with Crippen LogP contribution in [0.4, 0.5) is 5.69 Å². The van der Waals surface area contributed by atoms with Crippen molar-refractivity contribution in [2.45, 2.75) is 13.0 Å². The third-order valence-corrected chi connectivity index (χ3v) is 4.58. The van der Waals surface area contributed by atoms with Gasteiger partial charge in [-0.15, -0.1) is 0 Å². The fourth-order valence-electron chi connectivity index (χ4n) is 2.07. The van der Waals surface area contributed by atoms with Crippen LogP contribution in [0.5, 0.6) is 11.5 Å². The van der Waals surface area contributed by atoms with Crippen LogP contribution in [0, 0.1) is 0 Å². The molecule has 0 aliphatic rings. The Morgan fingerprint density at radius 3 is 2.23 bits per heavy atom. The molecule has 0 saturated heterocycles. The maximum Gasteiger partial charge on any atom is 0.339 e. The molecule has 2 aromatic rings. The summed E-state index contributed by atoms with van der Waals surface area (Å²) in [5.41, 5.74) is 0.633. The number of hydrogen-bond acceptors (Lipinski definition) is 5. The molecular formula is C18H17BrClNO5. The van der Waals surface area contributed by atoms with Crippen LogP contribution in [0.25, 0.3) is 0 Å². The van der Waals surface area contributed by atoms with Crippen molar-refractivity contribution in [3.63, 3.8) is 0 Å². The summed E-state index contributed by atoms with van der Waals surface area (Å²) in [5, 5.41) is 3.01. The van der Waals surface area contributed by atoms with Gasteiger partial charge in [-0.3, -0.25) is 4.79 Å². The monoisotopic (exact) mass is 441 g/mol. The predicted molar refractivity (Wildman–Crippen MR) is 102 cm³/mol. The van der Waals surface area contributed by atoms with E-state index < -0.39 is 18.0 Å². The number of ether oxygens (including phenoxy) is 3. The van der Waals surface area contributed by atoms with E-state index >= 15 is 0 Å². The molecule has 0 bridgehead atoms. The molecule has 1 N–H and O–H groups in total. The highest BCUT2D eigenvalue weighted by Gasteiger charge is 2.22. The number of rotatable bonds is 6. The van der Waals surface area contributed by atoms with Crippen molar-refractivity contribution in [2.24, 2.45) is 0 Å². The quantitative estimate of drug-likeness (QED) is 0.675. The minimum Gasteiger partial charge on any atom is -0.495 e. The maximum absolute atomic E-state index is 12.4. The molecule has 0 aromatic heterocycles. The van der Waals surface area contributed by atoms with E-state index in [2.05, 4.69) is 21.2 Å². The van der Waals surface area contributed by atoms with Crippen LogP contribution in [-0.2, 0) is 9.53 Å². The Balaban J connectivity index is 2.11. The SMILES string of the molecule is COc1cc(C(=O)OC(C)C(=O)Nc2ccccc2Cl)cc(OC)c1Br. The van der Waals surface area contributed by atoms with Crippen molar-refractivity contribution in [2.75, 3.05) is 19.5 Å². The number of carbonyl (C=O) groups is 2. The van der Waals surface area contributed by atoms with E-state index in [1.54, 1.807) is 24.3 Å². The average molecular weight is 443 g/mol. The van der Waals surface area contributed by atoms with E-state index in [1.807, 2.05) is 0 Å². The molecule has 26 heavy (non-hydrogen) atoms. The Hall–Kier alpha value is -2.25. The molecule has 138 valence electrons. The predicted octanol–water partition coefficient (Wildman–Crippen LogP) is 4.30. The zero-order valence-corrected chi connectivity index (χ0v) is 16.7. The van der Waals surface area contributed by atoms with E-state index in [1.165, 1.54) is 33.3 Å². The highest BCUT2D eigenvalue weighted by Crippen LogP contribution is 2.35. The molecule has 2 aromatic carbocycles. The fraction of sp³-hybridized carbons (Fsp3) is 0.222. The van der Waals surface area contributed by atoms with Crippen LogP contribution in [-0.4, -0.2) is 32.2 Å². The van der Waals surface area contributed by atoms with Gasteiger partial charge in [0.15, 0.2) is 6.10 Å². The first-order chi connectivity index (χ1) is 12.4. The molecule has 6 nitrogen and oxygen atoms in total. The highest BCUT2D eigenvalue weighted by molar-refractivity contribution is 9.10. The average Bonchev–Trinajstić information content (AvgIpc) is 2.63. The van der Waals surface area contributed by atoms with Crippen LogP contribution < -0.4 is 14.8 Å². The molecule has 0 spiro atoms. The van der Waals surface area contributed by atoms with Crippen LogP contribution in [0.2, 0.25) is 5.02 Å². The van der Waals surface area contributed by atoms with Crippen molar-refractivity contribution in [1.29, 1.82) is 0 Å². The molecular weight excluding hydrogens is 426 g/mol. The van der Waals surface area contributed by atoms with Crippen molar-refractivity contribution < 1.29 is 23.8 Å². The van der Waals surface area contributed by atoms with Crippen molar-refractivity contribution in [3.8, 4) is 11.5 Å². The topological polar surface area (TPSA) is 73.9 Å². The zero-order valence-electron chi connectivity index (χ0n) is 14.3. The molecule has 0 aliphatic carbocycles. The lowest BCUT2D eigenvalue weighted by Gasteiger charge is -2.15. The lowest BCUT2D eigenvalue weighted by molar-refractivity contribution is -0.123. The molecule has 0 saturated carbocycles. The van der Waals surface area contributed by atoms with Crippen LogP contribution >= 0.6 is 27.5 Å². The van der Waals surface area contributed by atoms with E-state index in [9.17, 15) is 9.59 Å². The number of methoxy groups -OCH3 is 2. The lowest BCUT2D eigenvalue weighted by Crippen LogP contribution is -2.30. The van der Waals surface area contributed by atoms with Crippen LogP contribution in [0.15, 0.2) is 40.9 Å². The van der Waals surface area contributed by atoms with Crippen LogP contribution in [0.3, 0.4) is 0 Å². The first-order valence-corrected chi connectivity index (χ1v) is 8.72. The molecule has 2 rings (SSSR count). The summed E-state index contributed by atoms with van der Waals surface area (Å²) in [5.74, 6) is -0.368. The van der Waals surface area contributed by atoms with Gasteiger partial charge in [0.1, 0.15) is 16.0 Å². The molecule has 1 unspecified atom stereocenters. The number of carbonyl (C=O) groups excluding carboxylic acids is 2. The molecule has 8 heteroatoms. The van der Waals surface area contributed by atoms with Crippen LogP contribution in [0.1, 0.15) is 17.3 Å². The fourth-order valence-corrected chi connectivity index (χ4v) is 2.80. The first kappa shape index (κ1) is 20.1. The van der Waals surface area contributed by atoms with Crippen molar-refractivity contribution in [1.82, 2.24) is 0 Å². The van der Waals surface area contributed by atoms with Gasteiger partial charge in [-0.05, 0) is 47.1 Å². The standard InChI is InChI=1S/C18H17BrClNO5/c1-10(17(22)21-13-7-5-4-6-12(13)20)26-18(23)11-8-14(24-2)16(19)15(9-11)25-3/h4-10H,1-3H3,(H,21,22). The van der Waals surface area contributed by atoms with Gasteiger partial charge in [-0.2, -0.15) is 0 Å². The van der Waals surface area contributed by atoms with E-state index in [-0.39, 0.29) is 5.56 Å². The number of halogens is 2. The second-order valence-corrected chi connectivity index (χ2v) is 6.41. The second-order valence-electron chi connectivity index (χ2n) is 5.21. The number of amides is 1. The summed E-state index contributed by atoms with van der Waals surface area (Å²) in [6.07, 6.45) is -1.03. The maximum atomic E-state index is 12.4. The first-order valence-electron chi connectivity index (χ1n) is 7.55. The summed E-state index contributed by atoms with van der Waals surface area (Å²) < 4.78 is 16.2. The Morgan fingerprint density at radius 2 is 1.69 bits per heavy atom. The van der Waals surface area contributed by atoms with Gasteiger partial charge in [0, 0.05) is 0 Å². The van der Waals surface area contributed by atoms with E-state index in [0.717, 1.165) is 0 Å². The minimum absolute atomic E-state index is 0.194. The molecule has 0 fully saturated rings. The Morgan fingerprint density at radius 1 is 1.12 bits per heavy atom. The summed E-state index contributed by atoms with van der Waals surface area (Å²) in [6.45, 7) is 1.47. The largest absolute Gasteiger partial charge is 0.495 e.